The molecule has 6 heteroatoms. The summed E-state index contributed by atoms with van der Waals surface area (Å²) >= 11 is 0. The third-order valence-electron chi connectivity index (χ3n) is 6.54. The van der Waals surface area contributed by atoms with Gasteiger partial charge in [0, 0.05) is 55.7 Å². The van der Waals surface area contributed by atoms with Crippen molar-refractivity contribution < 1.29 is 0 Å². The molecule has 0 fully saturated rings. The van der Waals surface area contributed by atoms with Crippen molar-refractivity contribution in [1.29, 1.82) is 0 Å². The van der Waals surface area contributed by atoms with Gasteiger partial charge in [0.05, 0.1) is 0 Å². The summed E-state index contributed by atoms with van der Waals surface area (Å²) in [5.41, 5.74) is 29.7. The predicted octanol–water partition coefficient (Wildman–Crippen LogP) is 11.3. The molecular formula is C41H58N6. The highest BCUT2D eigenvalue weighted by Gasteiger charge is 2.20. The first-order valence-electron chi connectivity index (χ1n) is 16.3. The molecule has 0 bridgehead atoms. The van der Waals surface area contributed by atoms with Gasteiger partial charge in [-0.3, -0.25) is 0 Å². The molecule has 0 saturated heterocycles. The number of nitrogen functional groups attached to an aromatic ring is 4. The van der Waals surface area contributed by atoms with Crippen LogP contribution in [0.4, 0.5) is 34.1 Å². The minimum Gasteiger partial charge on any atom is -0.399 e. The number of anilines is 6. The van der Waals surface area contributed by atoms with Crippen molar-refractivity contribution in [3.8, 4) is 0 Å². The maximum absolute atomic E-state index is 6.03. The van der Waals surface area contributed by atoms with Gasteiger partial charge in [-0.1, -0.05) is 128 Å². The molecular weight excluding hydrogens is 576 g/mol. The molecule has 0 spiro atoms. The van der Waals surface area contributed by atoms with Crippen LogP contribution in [0.2, 0.25) is 0 Å². The molecule has 1 atom stereocenters. The summed E-state index contributed by atoms with van der Waals surface area (Å²) in [5, 5.41) is 11.3. The van der Waals surface area contributed by atoms with E-state index in [1.54, 1.807) is 12.2 Å². The van der Waals surface area contributed by atoms with Crippen molar-refractivity contribution in [2.75, 3.05) is 33.6 Å². The summed E-state index contributed by atoms with van der Waals surface area (Å²) in [5.74, 6) is 0. The van der Waals surface area contributed by atoms with Crippen LogP contribution in [0.25, 0.3) is 21.5 Å². The quantitative estimate of drug-likeness (QED) is 0.0651. The van der Waals surface area contributed by atoms with Crippen molar-refractivity contribution >= 4 is 55.7 Å². The van der Waals surface area contributed by atoms with Gasteiger partial charge in [-0.25, -0.2) is 0 Å². The summed E-state index contributed by atoms with van der Waals surface area (Å²) in [7, 11) is 0. The Morgan fingerprint density at radius 1 is 0.553 bits per heavy atom. The van der Waals surface area contributed by atoms with Gasteiger partial charge in [0.25, 0.3) is 0 Å². The van der Waals surface area contributed by atoms with Crippen LogP contribution in [0.1, 0.15) is 55.4 Å². The number of nitrogens with one attached hydrogen (secondary N) is 2. The fourth-order valence-corrected chi connectivity index (χ4v) is 4.21. The van der Waals surface area contributed by atoms with Crippen molar-refractivity contribution in [3.05, 3.63) is 134 Å². The maximum atomic E-state index is 6.03. The average Bonchev–Trinajstić information content (AvgIpc) is 3.14. The number of fused-ring (bicyclic) bond motifs is 1. The molecule has 1 heterocycles. The van der Waals surface area contributed by atoms with Gasteiger partial charge in [0.1, 0.15) is 6.17 Å². The first-order valence-corrected chi connectivity index (χ1v) is 16.3. The molecule has 0 radical (unpaired) electrons. The molecule has 5 aromatic rings. The molecule has 0 aliphatic carbocycles. The standard InChI is InChI=1S/C15H17N3.C10H10N2.C6H7N.C4H6.3C2H6/c1-3-9(2)15-17-12-6-4-5-10-11(16)7-8-13(18-15)14(10)12;11-9-5-6-10(12)8-4-2-1-3-7(8)9;7-6-4-2-1-3-5-6;1-3-4-2;3*1-2/h3-8,15,17-18H,16H2,1-2H3;1-6H,11-12H2;1-5H,7H2;3-4H,1-2H2;3*1-2H3/b9-3+;;;;;;. The lowest BCUT2D eigenvalue weighted by Gasteiger charge is -2.30. The van der Waals surface area contributed by atoms with Gasteiger partial charge in [0.2, 0.25) is 0 Å². The third-order valence-corrected chi connectivity index (χ3v) is 6.54. The molecule has 1 unspecified atom stereocenters. The van der Waals surface area contributed by atoms with Crippen molar-refractivity contribution in [2.45, 2.75) is 61.6 Å². The first kappa shape index (κ1) is 41.6. The van der Waals surface area contributed by atoms with Crippen LogP contribution in [0, 0.1) is 0 Å². The van der Waals surface area contributed by atoms with Crippen LogP contribution in [0.15, 0.2) is 134 Å². The zero-order valence-corrected chi connectivity index (χ0v) is 29.8. The summed E-state index contributed by atoms with van der Waals surface area (Å²) < 4.78 is 0. The van der Waals surface area contributed by atoms with E-state index in [1.165, 1.54) is 11.0 Å². The minimum absolute atomic E-state index is 0.150. The van der Waals surface area contributed by atoms with Crippen molar-refractivity contribution in [2.24, 2.45) is 0 Å². The van der Waals surface area contributed by atoms with E-state index < -0.39 is 0 Å². The van der Waals surface area contributed by atoms with E-state index in [4.69, 9.17) is 22.9 Å². The number of benzene rings is 5. The number of para-hydroxylation sites is 1. The van der Waals surface area contributed by atoms with Crippen LogP contribution in [-0.2, 0) is 0 Å². The van der Waals surface area contributed by atoms with E-state index in [0.717, 1.165) is 50.3 Å². The van der Waals surface area contributed by atoms with Crippen LogP contribution in [0.3, 0.4) is 0 Å². The van der Waals surface area contributed by atoms with E-state index in [9.17, 15) is 0 Å². The largest absolute Gasteiger partial charge is 0.399 e. The Balaban J connectivity index is 0.000000631. The summed E-state index contributed by atoms with van der Waals surface area (Å²) in [6, 6.07) is 31.2. The SMILES string of the molecule is C/C=C(\C)C1Nc2cccc3c(N)ccc(c23)N1.C=CC=C.CC.CC.CC.Nc1ccc(N)c2ccccc12.Nc1ccccc1. The second-order valence-corrected chi connectivity index (χ2v) is 9.36. The van der Waals surface area contributed by atoms with E-state index >= 15 is 0 Å². The van der Waals surface area contributed by atoms with Crippen LogP contribution >= 0.6 is 0 Å². The van der Waals surface area contributed by atoms with Crippen LogP contribution < -0.4 is 33.6 Å². The second kappa shape index (κ2) is 23.9. The summed E-state index contributed by atoms with van der Waals surface area (Å²) in [6.07, 6.45) is 5.55. The molecule has 1 aliphatic rings. The van der Waals surface area contributed by atoms with E-state index in [2.05, 4.69) is 61.9 Å². The maximum Gasteiger partial charge on any atom is 0.119 e. The Labute approximate surface area is 284 Å². The normalized spacial score (nSPS) is 11.7. The average molecular weight is 635 g/mol. The highest BCUT2D eigenvalue weighted by Crippen LogP contribution is 2.38. The lowest BCUT2D eigenvalue weighted by Crippen LogP contribution is -2.32. The van der Waals surface area contributed by atoms with Crippen LogP contribution in [-0.4, -0.2) is 6.17 Å². The smallest absolute Gasteiger partial charge is 0.119 e. The van der Waals surface area contributed by atoms with Gasteiger partial charge in [-0.05, 0) is 61.9 Å². The highest BCUT2D eigenvalue weighted by atomic mass is 15.1. The van der Waals surface area contributed by atoms with Gasteiger partial charge in [-0.2, -0.15) is 0 Å². The minimum atomic E-state index is 0.150. The van der Waals surface area contributed by atoms with E-state index in [0.29, 0.717) is 0 Å². The molecule has 6 nitrogen and oxygen atoms in total. The summed E-state index contributed by atoms with van der Waals surface area (Å²) in [6.45, 7) is 22.9. The Hall–Kier alpha value is -5.36. The Bertz CT molecular complexity index is 1580. The van der Waals surface area contributed by atoms with Gasteiger partial charge < -0.3 is 33.6 Å². The van der Waals surface area contributed by atoms with E-state index in [-0.39, 0.29) is 6.17 Å². The van der Waals surface area contributed by atoms with Crippen molar-refractivity contribution in [1.82, 2.24) is 0 Å². The third kappa shape index (κ3) is 12.9. The lowest BCUT2D eigenvalue weighted by molar-refractivity contribution is 0.930. The van der Waals surface area contributed by atoms with Gasteiger partial charge in [-0.15, -0.1) is 0 Å². The first-order chi connectivity index (χ1) is 22.8. The Morgan fingerprint density at radius 2 is 0.957 bits per heavy atom. The molecule has 47 heavy (non-hydrogen) atoms. The number of allylic oxidation sites excluding steroid dienone is 3. The Morgan fingerprint density at radius 3 is 1.38 bits per heavy atom. The Kier molecular flexibility index (Phi) is 21.2. The molecule has 10 N–H and O–H groups in total. The molecule has 0 saturated carbocycles. The molecule has 1 aliphatic heterocycles. The number of nitrogens with two attached hydrogens (primary N) is 4. The zero-order valence-electron chi connectivity index (χ0n) is 29.8. The van der Waals surface area contributed by atoms with Gasteiger partial charge in [0.15, 0.2) is 0 Å². The zero-order chi connectivity index (χ0) is 35.8. The molecule has 0 aromatic heterocycles. The monoisotopic (exact) mass is 634 g/mol. The fourth-order valence-electron chi connectivity index (χ4n) is 4.21. The number of hydrogen-bond acceptors (Lipinski definition) is 6. The predicted molar refractivity (Wildman–Crippen MR) is 217 cm³/mol. The fraction of sp³-hybridized carbons (Fsp3) is 0.220. The number of rotatable bonds is 2. The topological polar surface area (TPSA) is 128 Å². The number of hydrogen-bond donors (Lipinski definition) is 6. The van der Waals surface area contributed by atoms with E-state index in [1.807, 2.05) is 120 Å². The molecule has 5 aromatic carbocycles. The second-order valence-electron chi connectivity index (χ2n) is 9.36. The molecule has 6 rings (SSSR count). The summed E-state index contributed by atoms with van der Waals surface area (Å²) in [4.78, 5) is 0. The lowest BCUT2D eigenvalue weighted by atomic mass is 10.0. The molecule has 0 amide bonds. The molecule has 252 valence electrons. The van der Waals surface area contributed by atoms with Crippen molar-refractivity contribution in [3.63, 3.8) is 0 Å². The van der Waals surface area contributed by atoms with Crippen LogP contribution in [0.5, 0.6) is 0 Å². The van der Waals surface area contributed by atoms with Gasteiger partial charge >= 0.3 is 0 Å². The highest BCUT2D eigenvalue weighted by molar-refractivity contribution is 6.09.